The summed E-state index contributed by atoms with van der Waals surface area (Å²) in [7, 11) is 0. The molecule has 7 nitrogen and oxygen atoms in total. The summed E-state index contributed by atoms with van der Waals surface area (Å²) in [6.07, 6.45) is 0. The molecule has 2 heterocycles. The number of amides is 1. The summed E-state index contributed by atoms with van der Waals surface area (Å²) in [5, 5.41) is 18.3. The summed E-state index contributed by atoms with van der Waals surface area (Å²) in [4.78, 5) is 12.0. The number of hydrogen-bond donors (Lipinski definition) is 2. The Morgan fingerprint density at radius 3 is 2.53 bits per heavy atom. The number of rotatable bonds is 4. The van der Waals surface area contributed by atoms with Crippen LogP contribution >= 0.6 is 0 Å². The molecule has 0 aliphatic carbocycles. The summed E-state index contributed by atoms with van der Waals surface area (Å²) in [5.74, 6) is 0.368. The van der Waals surface area contributed by atoms with Gasteiger partial charge in [-0.1, -0.05) is 0 Å². The quantitative estimate of drug-likeness (QED) is 0.856. The van der Waals surface area contributed by atoms with Crippen molar-refractivity contribution in [3.63, 3.8) is 0 Å². The highest BCUT2D eigenvalue weighted by atomic mass is 16.1. The topological polar surface area (TPSA) is 84.2 Å². The van der Waals surface area contributed by atoms with E-state index in [1.54, 1.807) is 4.52 Å². The highest BCUT2D eigenvalue weighted by molar-refractivity contribution is 5.94. The molecular formula is C12H18N6O. The number of fused-ring (bicyclic) bond motifs is 1. The van der Waals surface area contributed by atoms with Crippen molar-refractivity contribution in [2.45, 2.75) is 27.7 Å². The van der Waals surface area contributed by atoms with Crippen LogP contribution in [0.2, 0.25) is 0 Å². The van der Waals surface area contributed by atoms with Gasteiger partial charge in [-0.2, -0.15) is 9.61 Å². The molecule has 0 saturated heterocycles. The monoisotopic (exact) mass is 262 g/mol. The Morgan fingerprint density at radius 1 is 1.16 bits per heavy atom. The van der Waals surface area contributed by atoms with Crippen LogP contribution in [-0.2, 0) is 0 Å². The molecule has 0 bridgehead atoms. The molecule has 0 unspecified atom stereocenters. The van der Waals surface area contributed by atoms with Crippen LogP contribution in [-0.4, -0.2) is 38.8 Å². The molecule has 1 amide bonds. The zero-order chi connectivity index (χ0) is 14.0. The molecule has 102 valence electrons. The molecule has 19 heavy (non-hydrogen) atoms. The molecule has 2 aromatic rings. The Labute approximate surface area is 111 Å². The van der Waals surface area contributed by atoms with Crippen LogP contribution in [0, 0.1) is 13.8 Å². The van der Waals surface area contributed by atoms with Crippen LogP contribution in [0.3, 0.4) is 0 Å². The maximum absolute atomic E-state index is 12.0. The van der Waals surface area contributed by atoms with Crippen LogP contribution < -0.4 is 10.6 Å². The van der Waals surface area contributed by atoms with E-state index in [9.17, 15) is 4.79 Å². The summed E-state index contributed by atoms with van der Waals surface area (Å²) in [6, 6.07) is 0. The minimum Gasteiger partial charge on any atom is -0.353 e. The largest absolute Gasteiger partial charge is 0.353 e. The van der Waals surface area contributed by atoms with Crippen molar-refractivity contribution in [3.05, 3.63) is 16.8 Å². The highest BCUT2D eigenvalue weighted by Crippen LogP contribution is 2.17. The number of nitrogens with zero attached hydrogens (tertiary/aromatic N) is 4. The SMILES string of the molecule is CCNC(=O)c1nn2c(NCC)nnc2c(C)c1C. The van der Waals surface area contributed by atoms with E-state index in [4.69, 9.17) is 0 Å². The maximum atomic E-state index is 12.0. The van der Waals surface area contributed by atoms with Crippen LogP contribution in [0.15, 0.2) is 0 Å². The minimum atomic E-state index is -0.179. The Kier molecular flexibility index (Phi) is 3.64. The first-order valence-corrected chi connectivity index (χ1v) is 6.34. The Morgan fingerprint density at radius 2 is 1.89 bits per heavy atom. The normalized spacial score (nSPS) is 10.7. The second kappa shape index (κ2) is 5.21. The molecule has 2 N–H and O–H groups in total. The van der Waals surface area contributed by atoms with Crippen molar-refractivity contribution in [2.24, 2.45) is 0 Å². The van der Waals surface area contributed by atoms with Gasteiger partial charge in [-0.25, -0.2) is 0 Å². The number of aryl methyl sites for hydroxylation is 1. The molecule has 0 spiro atoms. The fourth-order valence-electron chi connectivity index (χ4n) is 1.86. The van der Waals surface area contributed by atoms with E-state index in [2.05, 4.69) is 25.9 Å². The van der Waals surface area contributed by atoms with Crippen molar-refractivity contribution in [2.75, 3.05) is 18.4 Å². The van der Waals surface area contributed by atoms with Crippen molar-refractivity contribution in [3.8, 4) is 0 Å². The summed E-state index contributed by atoms with van der Waals surface area (Å²) < 4.78 is 1.58. The molecule has 0 saturated carbocycles. The first kappa shape index (κ1) is 13.3. The maximum Gasteiger partial charge on any atom is 0.272 e. The van der Waals surface area contributed by atoms with E-state index in [0.29, 0.717) is 30.4 Å². The molecule has 0 aliphatic heterocycles. The van der Waals surface area contributed by atoms with Gasteiger partial charge in [0, 0.05) is 18.7 Å². The summed E-state index contributed by atoms with van der Waals surface area (Å²) in [6.45, 7) is 8.91. The van der Waals surface area contributed by atoms with Crippen molar-refractivity contribution >= 4 is 17.5 Å². The molecule has 2 rings (SSSR count). The van der Waals surface area contributed by atoms with Crippen LogP contribution in [0.5, 0.6) is 0 Å². The second-order valence-corrected chi connectivity index (χ2v) is 4.25. The fraction of sp³-hybridized carbons (Fsp3) is 0.500. The minimum absolute atomic E-state index is 0.179. The Balaban J connectivity index is 2.62. The van der Waals surface area contributed by atoms with Gasteiger partial charge in [-0.15, -0.1) is 10.2 Å². The van der Waals surface area contributed by atoms with Gasteiger partial charge in [0.05, 0.1) is 0 Å². The number of aromatic nitrogens is 4. The number of anilines is 1. The third-order valence-electron chi connectivity index (χ3n) is 2.98. The fourth-order valence-corrected chi connectivity index (χ4v) is 1.86. The van der Waals surface area contributed by atoms with E-state index < -0.39 is 0 Å². The summed E-state index contributed by atoms with van der Waals surface area (Å²) in [5.41, 5.74) is 2.81. The predicted octanol–water partition coefficient (Wildman–Crippen LogP) is 0.923. The van der Waals surface area contributed by atoms with E-state index in [1.165, 1.54) is 0 Å². The highest BCUT2D eigenvalue weighted by Gasteiger charge is 2.18. The van der Waals surface area contributed by atoms with Gasteiger partial charge in [0.2, 0.25) is 5.95 Å². The van der Waals surface area contributed by atoms with Crippen molar-refractivity contribution in [1.29, 1.82) is 0 Å². The number of nitrogens with one attached hydrogen (secondary N) is 2. The first-order chi connectivity index (χ1) is 9.10. The molecule has 0 atom stereocenters. The zero-order valence-electron chi connectivity index (χ0n) is 11.6. The second-order valence-electron chi connectivity index (χ2n) is 4.25. The zero-order valence-corrected chi connectivity index (χ0v) is 11.6. The van der Waals surface area contributed by atoms with Gasteiger partial charge in [-0.3, -0.25) is 4.79 Å². The van der Waals surface area contributed by atoms with E-state index in [-0.39, 0.29) is 5.91 Å². The molecule has 7 heteroatoms. The third kappa shape index (κ3) is 2.23. The molecule has 2 aromatic heterocycles. The lowest BCUT2D eigenvalue weighted by Gasteiger charge is -2.09. The lowest BCUT2D eigenvalue weighted by Crippen LogP contribution is -2.26. The number of carbonyl (C=O) groups excluding carboxylic acids is 1. The van der Waals surface area contributed by atoms with Crippen molar-refractivity contribution < 1.29 is 4.79 Å². The lowest BCUT2D eigenvalue weighted by atomic mass is 10.1. The number of hydrogen-bond acceptors (Lipinski definition) is 5. The van der Waals surface area contributed by atoms with Gasteiger partial charge in [0.15, 0.2) is 11.3 Å². The van der Waals surface area contributed by atoms with E-state index >= 15 is 0 Å². The van der Waals surface area contributed by atoms with Gasteiger partial charge in [0.1, 0.15) is 0 Å². The van der Waals surface area contributed by atoms with Gasteiger partial charge in [0.25, 0.3) is 5.91 Å². The molecule has 0 aromatic carbocycles. The predicted molar refractivity (Wildman–Crippen MR) is 72.4 cm³/mol. The third-order valence-corrected chi connectivity index (χ3v) is 2.98. The standard InChI is InChI=1S/C12H18N6O/c1-5-13-11(19)9-7(3)8(4)10-15-16-12(14-6-2)18(10)17-9/h5-6H2,1-4H3,(H,13,19)(H,14,16). The van der Waals surface area contributed by atoms with Gasteiger partial charge in [-0.05, 0) is 33.3 Å². The molecule has 0 aliphatic rings. The van der Waals surface area contributed by atoms with Gasteiger partial charge < -0.3 is 10.6 Å². The van der Waals surface area contributed by atoms with Crippen LogP contribution in [0.4, 0.5) is 5.95 Å². The van der Waals surface area contributed by atoms with Crippen LogP contribution in [0.1, 0.15) is 35.5 Å². The van der Waals surface area contributed by atoms with Gasteiger partial charge >= 0.3 is 0 Å². The number of carbonyl (C=O) groups is 1. The average Bonchev–Trinajstić information content (AvgIpc) is 2.78. The van der Waals surface area contributed by atoms with E-state index in [0.717, 1.165) is 11.1 Å². The van der Waals surface area contributed by atoms with Crippen LogP contribution in [0.25, 0.3) is 5.65 Å². The molecule has 0 fully saturated rings. The lowest BCUT2D eigenvalue weighted by molar-refractivity contribution is 0.0949. The average molecular weight is 262 g/mol. The van der Waals surface area contributed by atoms with Crippen molar-refractivity contribution in [1.82, 2.24) is 25.1 Å². The molecular weight excluding hydrogens is 244 g/mol. The van der Waals surface area contributed by atoms with E-state index in [1.807, 2.05) is 27.7 Å². The molecule has 0 radical (unpaired) electrons. The summed E-state index contributed by atoms with van der Waals surface area (Å²) >= 11 is 0. The Bertz CT molecular complexity index is 618. The Hall–Kier alpha value is -2.18. The smallest absolute Gasteiger partial charge is 0.272 e. The first-order valence-electron chi connectivity index (χ1n) is 6.34.